The molecule has 8 heteroatoms. The lowest BCUT2D eigenvalue weighted by Crippen LogP contribution is -2.21. The summed E-state index contributed by atoms with van der Waals surface area (Å²) >= 11 is 1.54. The molecule has 2 rings (SSSR count). The molecule has 0 spiro atoms. The van der Waals surface area contributed by atoms with Crippen molar-refractivity contribution in [3.8, 4) is 11.5 Å². The maximum Gasteiger partial charge on any atom is 0.306 e. The topological polar surface area (TPSA) is 90.9 Å². The highest BCUT2D eigenvalue weighted by Crippen LogP contribution is 2.29. The van der Waals surface area contributed by atoms with Crippen LogP contribution in [-0.4, -0.2) is 38.5 Å². The summed E-state index contributed by atoms with van der Waals surface area (Å²) in [7, 11) is 3.00. The molecule has 0 atom stereocenters. The molecule has 0 radical (unpaired) electrons. The number of ether oxygens (including phenoxy) is 3. The van der Waals surface area contributed by atoms with Crippen molar-refractivity contribution in [2.75, 3.05) is 26.1 Å². The summed E-state index contributed by atoms with van der Waals surface area (Å²) in [6.07, 6.45) is -0.0317. The predicted molar refractivity (Wildman–Crippen MR) is 106 cm³/mol. The van der Waals surface area contributed by atoms with Gasteiger partial charge in [-0.3, -0.25) is 14.4 Å². The fourth-order valence-corrected chi connectivity index (χ4v) is 3.51. The van der Waals surface area contributed by atoms with Gasteiger partial charge in [-0.05, 0) is 32.0 Å². The van der Waals surface area contributed by atoms with Crippen molar-refractivity contribution in [2.45, 2.75) is 26.7 Å². The molecule has 0 aliphatic rings. The van der Waals surface area contributed by atoms with Gasteiger partial charge in [0.1, 0.15) is 11.5 Å². The zero-order valence-electron chi connectivity index (χ0n) is 16.3. The van der Waals surface area contributed by atoms with Gasteiger partial charge in [-0.15, -0.1) is 11.3 Å². The summed E-state index contributed by atoms with van der Waals surface area (Å²) < 4.78 is 15.2. The van der Waals surface area contributed by atoms with E-state index < -0.39 is 18.5 Å². The SMILES string of the molecule is COc1ccc(NC(=O)COC(=O)CCC(=O)c2cc(C)sc2C)c(OC)c1. The minimum atomic E-state index is -0.602. The smallest absolute Gasteiger partial charge is 0.306 e. The average molecular weight is 405 g/mol. The monoisotopic (exact) mass is 405 g/mol. The van der Waals surface area contributed by atoms with Crippen molar-refractivity contribution in [3.63, 3.8) is 0 Å². The van der Waals surface area contributed by atoms with Crippen LogP contribution in [0.25, 0.3) is 0 Å². The molecule has 0 fully saturated rings. The fourth-order valence-electron chi connectivity index (χ4n) is 2.56. The summed E-state index contributed by atoms with van der Waals surface area (Å²) in [5, 5.41) is 2.61. The summed E-state index contributed by atoms with van der Waals surface area (Å²) in [4.78, 5) is 38.0. The molecule has 1 amide bonds. The van der Waals surface area contributed by atoms with Gasteiger partial charge in [0.05, 0.1) is 26.3 Å². The van der Waals surface area contributed by atoms with E-state index in [-0.39, 0.29) is 18.6 Å². The van der Waals surface area contributed by atoms with Gasteiger partial charge < -0.3 is 19.5 Å². The van der Waals surface area contributed by atoms with E-state index in [1.54, 1.807) is 29.5 Å². The number of nitrogens with one attached hydrogen (secondary N) is 1. The summed E-state index contributed by atoms with van der Waals surface area (Å²) in [6, 6.07) is 6.75. The van der Waals surface area contributed by atoms with E-state index in [1.807, 2.05) is 19.9 Å². The number of carbonyl (C=O) groups excluding carboxylic acids is 3. The van der Waals surface area contributed by atoms with Gasteiger partial charge in [0.15, 0.2) is 12.4 Å². The number of methoxy groups -OCH3 is 2. The molecule has 150 valence electrons. The third-order valence-electron chi connectivity index (χ3n) is 3.94. The van der Waals surface area contributed by atoms with E-state index in [9.17, 15) is 14.4 Å². The van der Waals surface area contributed by atoms with Crippen LogP contribution in [0.1, 0.15) is 33.0 Å². The Kier molecular flexibility index (Phi) is 7.57. The quantitative estimate of drug-likeness (QED) is 0.507. The number of esters is 1. The molecular formula is C20H23NO6S. The normalized spacial score (nSPS) is 10.3. The molecule has 0 saturated heterocycles. The third kappa shape index (κ3) is 5.82. The molecule has 0 aliphatic heterocycles. The molecule has 1 aromatic heterocycles. The third-order valence-corrected chi connectivity index (χ3v) is 4.91. The Balaban J connectivity index is 1.80. The van der Waals surface area contributed by atoms with Crippen LogP contribution in [0.15, 0.2) is 24.3 Å². The van der Waals surface area contributed by atoms with Gasteiger partial charge in [-0.1, -0.05) is 0 Å². The molecule has 0 saturated carbocycles. The zero-order chi connectivity index (χ0) is 20.7. The van der Waals surface area contributed by atoms with Gasteiger partial charge in [-0.25, -0.2) is 0 Å². The minimum Gasteiger partial charge on any atom is -0.497 e. The van der Waals surface area contributed by atoms with Crippen LogP contribution < -0.4 is 14.8 Å². The van der Waals surface area contributed by atoms with Crippen LogP contribution in [0.5, 0.6) is 11.5 Å². The lowest BCUT2D eigenvalue weighted by atomic mass is 10.1. The number of ketones is 1. The molecule has 7 nitrogen and oxygen atoms in total. The lowest BCUT2D eigenvalue weighted by Gasteiger charge is -2.11. The Bertz CT molecular complexity index is 874. The maximum absolute atomic E-state index is 12.2. The number of amides is 1. The second kappa shape index (κ2) is 9.89. The van der Waals surface area contributed by atoms with Crippen molar-refractivity contribution < 1.29 is 28.6 Å². The number of thiophene rings is 1. The first-order valence-corrected chi connectivity index (χ1v) is 9.43. The van der Waals surface area contributed by atoms with Crippen LogP contribution in [0, 0.1) is 13.8 Å². The van der Waals surface area contributed by atoms with Crippen molar-refractivity contribution in [1.29, 1.82) is 0 Å². The standard InChI is InChI=1S/C20H23NO6S/c1-12-9-15(13(2)28-12)17(22)7-8-20(24)27-11-19(23)21-16-6-5-14(25-3)10-18(16)26-4/h5-6,9-10H,7-8,11H2,1-4H3,(H,21,23). The summed E-state index contributed by atoms with van der Waals surface area (Å²) in [6.45, 7) is 3.36. The first-order chi connectivity index (χ1) is 13.3. The predicted octanol–water partition coefficient (Wildman–Crippen LogP) is 3.53. The Morgan fingerprint density at radius 2 is 1.79 bits per heavy atom. The first-order valence-electron chi connectivity index (χ1n) is 8.61. The van der Waals surface area contributed by atoms with E-state index in [0.717, 1.165) is 9.75 Å². The maximum atomic E-state index is 12.2. The second-order valence-electron chi connectivity index (χ2n) is 6.03. The number of aryl methyl sites for hydroxylation is 2. The second-order valence-corrected chi connectivity index (χ2v) is 7.49. The highest BCUT2D eigenvalue weighted by Gasteiger charge is 2.16. The zero-order valence-corrected chi connectivity index (χ0v) is 17.1. The van der Waals surface area contributed by atoms with Gasteiger partial charge >= 0.3 is 5.97 Å². The van der Waals surface area contributed by atoms with Crippen LogP contribution in [0.2, 0.25) is 0 Å². The number of anilines is 1. The molecule has 1 heterocycles. The first kappa shape index (κ1) is 21.4. The Morgan fingerprint density at radius 3 is 2.39 bits per heavy atom. The van der Waals surface area contributed by atoms with Crippen molar-refractivity contribution in [3.05, 3.63) is 39.6 Å². The van der Waals surface area contributed by atoms with E-state index in [4.69, 9.17) is 14.2 Å². The molecule has 1 N–H and O–H groups in total. The fraction of sp³-hybridized carbons (Fsp3) is 0.350. The van der Waals surface area contributed by atoms with Gasteiger partial charge in [0, 0.05) is 27.8 Å². The molecule has 0 bridgehead atoms. The average Bonchev–Trinajstić information content (AvgIpc) is 3.02. The van der Waals surface area contributed by atoms with E-state index in [0.29, 0.717) is 22.7 Å². The Morgan fingerprint density at radius 1 is 1.04 bits per heavy atom. The number of hydrogen-bond donors (Lipinski definition) is 1. The Hall–Kier alpha value is -2.87. The molecule has 1 aromatic carbocycles. The van der Waals surface area contributed by atoms with Crippen LogP contribution >= 0.6 is 11.3 Å². The van der Waals surface area contributed by atoms with Crippen LogP contribution in [0.4, 0.5) is 5.69 Å². The summed E-state index contributed by atoms with van der Waals surface area (Å²) in [5.41, 5.74) is 1.07. The molecule has 0 aliphatic carbocycles. The van der Waals surface area contributed by atoms with Gasteiger partial charge in [-0.2, -0.15) is 0 Å². The van der Waals surface area contributed by atoms with Crippen LogP contribution in [-0.2, 0) is 14.3 Å². The van der Waals surface area contributed by atoms with Crippen molar-refractivity contribution in [2.24, 2.45) is 0 Å². The lowest BCUT2D eigenvalue weighted by molar-refractivity contribution is -0.147. The van der Waals surface area contributed by atoms with E-state index in [2.05, 4.69) is 5.32 Å². The van der Waals surface area contributed by atoms with Crippen molar-refractivity contribution >= 4 is 34.7 Å². The molecule has 28 heavy (non-hydrogen) atoms. The number of carbonyl (C=O) groups is 3. The number of benzene rings is 1. The molecular weight excluding hydrogens is 382 g/mol. The molecule has 0 unspecified atom stereocenters. The van der Waals surface area contributed by atoms with Gasteiger partial charge in [0.25, 0.3) is 5.91 Å². The minimum absolute atomic E-state index is 0.0454. The van der Waals surface area contributed by atoms with E-state index >= 15 is 0 Å². The van der Waals surface area contributed by atoms with Gasteiger partial charge in [0.2, 0.25) is 0 Å². The number of rotatable bonds is 9. The van der Waals surface area contributed by atoms with Crippen LogP contribution in [0.3, 0.4) is 0 Å². The number of Topliss-reactive ketones (excluding diaryl/α,β-unsaturated/α-hetero) is 1. The Labute approximate surface area is 167 Å². The number of hydrogen-bond acceptors (Lipinski definition) is 7. The highest BCUT2D eigenvalue weighted by atomic mass is 32.1. The van der Waals surface area contributed by atoms with Crippen molar-refractivity contribution in [1.82, 2.24) is 0 Å². The van der Waals surface area contributed by atoms with E-state index in [1.165, 1.54) is 14.2 Å². The highest BCUT2D eigenvalue weighted by molar-refractivity contribution is 7.12. The largest absolute Gasteiger partial charge is 0.497 e. The summed E-state index contributed by atoms with van der Waals surface area (Å²) in [5.74, 6) is -0.207. The molecule has 2 aromatic rings.